The van der Waals surface area contributed by atoms with Crippen molar-refractivity contribution in [2.24, 2.45) is 4.99 Å². The van der Waals surface area contributed by atoms with Crippen LogP contribution < -0.4 is 15.4 Å². The van der Waals surface area contributed by atoms with Crippen molar-refractivity contribution in [3.05, 3.63) is 29.8 Å². The molecule has 5 heteroatoms. The van der Waals surface area contributed by atoms with Crippen molar-refractivity contribution in [3.63, 3.8) is 0 Å². The number of nitrogens with zero attached hydrogens (tertiary/aromatic N) is 1. The fourth-order valence-electron chi connectivity index (χ4n) is 2.22. The molecule has 1 rings (SSSR count). The Morgan fingerprint density at radius 2 is 1.96 bits per heavy atom. The number of guanidine groups is 1. The second-order valence-electron chi connectivity index (χ2n) is 5.67. The number of rotatable bonds is 12. The maximum atomic E-state index is 5.74. The van der Waals surface area contributed by atoms with Gasteiger partial charge in [0.15, 0.2) is 5.96 Å². The van der Waals surface area contributed by atoms with Gasteiger partial charge < -0.3 is 20.1 Å². The van der Waals surface area contributed by atoms with Crippen LogP contribution in [0.15, 0.2) is 29.3 Å². The summed E-state index contributed by atoms with van der Waals surface area (Å²) in [6, 6.07) is 8.12. The SMILES string of the molecule is CCCCCNC(=NCc1cccc(OCCCOC)c1)NCC. The van der Waals surface area contributed by atoms with Crippen LogP contribution in [-0.4, -0.2) is 39.4 Å². The van der Waals surface area contributed by atoms with E-state index in [2.05, 4.69) is 41.6 Å². The zero-order valence-corrected chi connectivity index (χ0v) is 15.4. The number of aliphatic imine (C=N–C) groups is 1. The fraction of sp³-hybridized carbons (Fsp3) is 0.632. The van der Waals surface area contributed by atoms with Crippen molar-refractivity contribution in [1.29, 1.82) is 0 Å². The van der Waals surface area contributed by atoms with Crippen molar-refractivity contribution < 1.29 is 9.47 Å². The molecule has 5 nitrogen and oxygen atoms in total. The number of benzene rings is 1. The number of hydrogen-bond donors (Lipinski definition) is 2. The normalized spacial score (nSPS) is 11.4. The molecule has 0 spiro atoms. The summed E-state index contributed by atoms with van der Waals surface area (Å²) < 4.78 is 10.8. The lowest BCUT2D eigenvalue weighted by Crippen LogP contribution is -2.37. The van der Waals surface area contributed by atoms with E-state index in [9.17, 15) is 0 Å². The minimum Gasteiger partial charge on any atom is -0.493 e. The summed E-state index contributed by atoms with van der Waals surface area (Å²) in [5, 5.41) is 6.67. The van der Waals surface area contributed by atoms with Gasteiger partial charge in [0.2, 0.25) is 0 Å². The maximum absolute atomic E-state index is 5.74. The highest BCUT2D eigenvalue weighted by molar-refractivity contribution is 5.79. The Morgan fingerprint density at radius 3 is 2.71 bits per heavy atom. The summed E-state index contributed by atoms with van der Waals surface area (Å²) >= 11 is 0. The number of methoxy groups -OCH3 is 1. The van der Waals surface area contributed by atoms with Gasteiger partial charge in [-0.2, -0.15) is 0 Å². The minimum atomic E-state index is 0.637. The van der Waals surface area contributed by atoms with Gasteiger partial charge in [-0.3, -0.25) is 0 Å². The summed E-state index contributed by atoms with van der Waals surface area (Å²) in [5.41, 5.74) is 1.14. The number of unbranched alkanes of at least 4 members (excludes halogenated alkanes) is 2. The number of hydrogen-bond acceptors (Lipinski definition) is 3. The molecule has 0 saturated heterocycles. The minimum absolute atomic E-state index is 0.637. The van der Waals surface area contributed by atoms with Crippen LogP contribution in [0.3, 0.4) is 0 Å². The summed E-state index contributed by atoms with van der Waals surface area (Å²) in [5.74, 6) is 1.76. The van der Waals surface area contributed by atoms with Crippen molar-refractivity contribution in [1.82, 2.24) is 10.6 Å². The van der Waals surface area contributed by atoms with Gasteiger partial charge in [0.05, 0.1) is 13.2 Å². The van der Waals surface area contributed by atoms with Crippen molar-refractivity contribution in [3.8, 4) is 5.75 Å². The Balaban J connectivity index is 2.48. The third-order valence-corrected chi connectivity index (χ3v) is 3.50. The van der Waals surface area contributed by atoms with Gasteiger partial charge >= 0.3 is 0 Å². The van der Waals surface area contributed by atoms with Gasteiger partial charge in [0.1, 0.15) is 5.75 Å². The molecule has 0 radical (unpaired) electrons. The molecule has 24 heavy (non-hydrogen) atoms. The van der Waals surface area contributed by atoms with Gasteiger partial charge in [0, 0.05) is 33.2 Å². The van der Waals surface area contributed by atoms with E-state index in [-0.39, 0.29) is 0 Å². The summed E-state index contributed by atoms with van der Waals surface area (Å²) in [7, 11) is 1.71. The van der Waals surface area contributed by atoms with E-state index in [1.54, 1.807) is 7.11 Å². The van der Waals surface area contributed by atoms with Gasteiger partial charge in [-0.15, -0.1) is 0 Å². The van der Waals surface area contributed by atoms with Crippen LogP contribution in [0.1, 0.15) is 45.1 Å². The first kappa shape index (κ1) is 20.3. The predicted molar refractivity (Wildman–Crippen MR) is 101 cm³/mol. The Morgan fingerprint density at radius 1 is 1.08 bits per heavy atom. The third-order valence-electron chi connectivity index (χ3n) is 3.50. The lowest BCUT2D eigenvalue weighted by molar-refractivity contribution is 0.172. The molecule has 0 bridgehead atoms. The molecule has 1 aromatic carbocycles. The lowest BCUT2D eigenvalue weighted by atomic mass is 10.2. The van der Waals surface area contributed by atoms with Crippen molar-refractivity contribution in [2.75, 3.05) is 33.4 Å². The van der Waals surface area contributed by atoms with Gasteiger partial charge in [0.25, 0.3) is 0 Å². The fourth-order valence-corrected chi connectivity index (χ4v) is 2.22. The van der Waals surface area contributed by atoms with Gasteiger partial charge in [-0.05, 0) is 31.0 Å². The molecule has 2 N–H and O–H groups in total. The van der Waals surface area contributed by atoms with Crippen LogP contribution in [0.4, 0.5) is 0 Å². The third kappa shape index (κ3) is 9.40. The Bertz CT molecular complexity index is 464. The van der Waals surface area contributed by atoms with E-state index < -0.39 is 0 Å². The summed E-state index contributed by atoms with van der Waals surface area (Å²) in [6.07, 6.45) is 4.54. The van der Waals surface area contributed by atoms with Crippen LogP contribution in [0, 0.1) is 0 Å². The standard InChI is InChI=1S/C19H33N3O2/c1-4-6-7-12-21-19(20-5-2)22-16-17-10-8-11-18(15-17)24-14-9-13-23-3/h8,10-11,15H,4-7,9,12-14,16H2,1-3H3,(H2,20,21,22). The zero-order chi connectivity index (χ0) is 17.5. The first-order valence-electron chi connectivity index (χ1n) is 9.03. The van der Waals surface area contributed by atoms with E-state index in [4.69, 9.17) is 9.47 Å². The zero-order valence-electron chi connectivity index (χ0n) is 15.4. The number of nitrogens with one attached hydrogen (secondary N) is 2. The summed E-state index contributed by atoms with van der Waals surface area (Å²) in [6.45, 7) is 8.15. The van der Waals surface area contributed by atoms with Crippen LogP contribution in [0.2, 0.25) is 0 Å². The predicted octanol–water partition coefficient (Wildman–Crippen LogP) is 3.35. The molecule has 1 aromatic rings. The molecule has 0 heterocycles. The topological polar surface area (TPSA) is 54.9 Å². The molecular formula is C19H33N3O2. The molecular weight excluding hydrogens is 302 g/mol. The first-order valence-corrected chi connectivity index (χ1v) is 9.03. The Labute approximate surface area is 146 Å². The van der Waals surface area contributed by atoms with Gasteiger partial charge in [-0.1, -0.05) is 31.9 Å². The number of ether oxygens (including phenoxy) is 2. The average molecular weight is 335 g/mol. The largest absolute Gasteiger partial charge is 0.493 e. The lowest BCUT2D eigenvalue weighted by Gasteiger charge is -2.11. The first-order chi connectivity index (χ1) is 11.8. The highest BCUT2D eigenvalue weighted by Crippen LogP contribution is 2.14. The highest BCUT2D eigenvalue weighted by atomic mass is 16.5. The van der Waals surface area contributed by atoms with E-state index in [0.717, 1.165) is 43.4 Å². The monoisotopic (exact) mass is 335 g/mol. The molecule has 0 atom stereocenters. The molecule has 0 saturated carbocycles. The maximum Gasteiger partial charge on any atom is 0.191 e. The van der Waals surface area contributed by atoms with E-state index in [1.165, 1.54) is 19.3 Å². The molecule has 136 valence electrons. The van der Waals surface area contributed by atoms with E-state index in [1.807, 2.05) is 12.1 Å². The average Bonchev–Trinajstić information content (AvgIpc) is 2.60. The van der Waals surface area contributed by atoms with Crippen molar-refractivity contribution >= 4 is 5.96 Å². The Hall–Kier alpha value is -1.75. The smallest absolute Gasteiger partial charge is 0.191 e. The van der Waals surface area contributed by atoms with E-state index in [0.29, 0.717) is 13.2 Å². The molecule has 0 unspecified atom stereocenters. The second-order valence-corrected chi connectivity index (χ2v) is 5.67. The molecule has 0 aliphatic heterocycles. The Kier molecular flexibility index (Phi) is 11.6. The quantitative estimate of drug-likeness (QED) is 0.349. The molecule has 0 fully saturated rings. The molecule has 0 aliphatic carbocycles. The van der Waals surface area contributed by atoms with Crippen LogP contribution in [0.5, 0.6) is 5.75 Å². The molecule has 0 aliphatic rings. The molecule has 0 amide bonds. The van der Waals surface area contributed by atoms with Gasteiger partial charge in [-0.25, -0.2) is 4.99 Å². The van der Waals surface area contributed by atoms with E-state index >= 15 is 0 Å². The molecule has 0 aromatic heterocycles. The van der Waals surface area contributed by atoms with Crippen LogP contribution in [0.25, 0.3) is 0 Å². The van der Waals surface area contributed by atoms with Crippen molar-refractivity contribution in [2.45, 2.75) is 46.1 Å². The summed E-state index contributed by atoms with van der Waals surface area (Å²) in [4.78, 5) is 4.65. The second kappa shape index (κ2) is 13.7. The van der Waals surface area contributed by atoms with Crippen LogP contribution >= 0.6 is 0 Å². The highest BCUT2D eigenvalue weighted by Gasteiger charge is 2.00. The van der Waals surface area contributed by atoms with Crippen LogP contribution in [-0.2, 0) is 11.3 Å².